The van der Waals surface area contributed by atoms with Crippen molar-refractivity contribution in [2.75, 3.05) is 7.11 Å². The van der Waals surface area contributed by atoms with Gasteiger partial charge in [-0.3, -0.25) is 4.79 Å². The Morgan fingerprint density at radius 1 is 1.04 bits per heavy atom. The first-order valence-corrected chi connectivity index (χ1v) is 7.44. The van der Waals surface area contributed by atoms with E-state index in [2.05, 4.69) is 4.74 Å². The van der Waals surface area contributed by atoms with Crippen molar-refractivity contribution >= 4 is 11.9 Å². The van der Waals surface area contributed by atoms with Gasteiger partial charge >= 0.3 is 18.1 Å². The first-order valence-electron chi connectivity index (χ1n) is 7.44. The lowest BCUT2D eigenvalue weighted by atomic mass is 9.92. The summed E-state index contributed by atoms with van der Waals surface area (Å²) in [5.41, 5.74) is -3.62. The fourth-order valence-electron chi connectivity index (χ4n) is 2.63. The maximum Gasteiger partial charge on any atom is 0.432 e. The van der Waals surface area contributed by atoms with Crippen LogP contribution in [0.25, 0.3) is 0 Å². The van der Waals surface area contributed by atoms with Crippen molar-refractivity contribution < 1.29 is 37.0 Å². The van der Waals surface area contributed by atoms with Gasteiger partial charge in [-0.25, -0.2) is 4.79 Å². The van der Waals surface area contributed by atoms with Crippen LogP contribution in [-0.2, 0) is 29.4 Å². The van der Waals surface area contributed by atoms with Crippen LogP contribution in [0, 0.1) is 0 Å². The zero-order chi connectivity index (χ0) is 18.7. The van der Waals surface area contributed by atoms with Crippen LogP contribution in [0.15, 0.2) is 42.5 Å². The predicted octanol–water partition coefficient (Wildman–Crippen LogP) is 2.89. The Labute approximate surface area is 142 Å². The van der Waals surface area contributed by atoms with E-state index < -0.39 is 35.9 Å². The van der Waals surface area contributed by atoms with Gasteiger partial charge in [0.2, 0.25) is 0 Å². The van der Waals surface area contributed by atoms with Crippen LogP contribution in [0.1, 0.15) is 18.9 Å². The van der Waals surface area contributed by atoms with Gasteiger partial charge in [0.25, 0.3) is 5.60 Å². The van der Waals surface area contributed by atoms with Crippen molar-refractivity contribution in [1.82, 2.24) is 0 Å². The molecule has 2 rings (SSSR count). The van der Waals surface area contributed by atoms with Crippen LogP contribution in [0.4, 0.5) is 13.2 Å². The molecular formula is C17H17F3O5. The van der Waals surface area contributed by atoms with Crippen molar-refractivity contribution in [3.8, 4) is 0 Å². The van der Waals surface area contributed by atoms with Crippen molar-refractivity contribution in [1.29, 1.82) is 0 Å². The SMILES string of the molecule is CO[C@](C(=O)O[C@H]1C=C[C@H](OC(C)=O)C1)(c1ccccc1)C(F)(F)F. The summed E-state index contributed by atoms with van der Waals surface area (Å²) in [4.78, 5) is 23.3. The molecule has 0 spiro atoms. The van der Waals surface area contributed by atoms with Gasteiger partial charge in [-0.2, -0.15) is 13.2 Å². The minimum Gasteiger partial charge on any atom is -0.458 e. The van der Waals surface area contributed by atoms with Gasteiger partial charge in [-0.15, -0.1) is 0 Å². The summed E-state index contributed by atoms with van der Waals surface area (Å²) < 4.78 is 55.7. The Balaban J connectivity index is 2.23. The summed E-state index contributed by atoms with van der Waals surface area (Å²) in [5.74, 6) is -2.11. The lowest BCUT2D eigenvalue weighted by molar-refractivity contribution is -0.277. The molecule has 0 radical (unpaired) electrons. The number of hydrogen-bond acceptors (Lipinski definition) is 5. The molecule has 3 atom stereocenters. The van der Waals surface area contributed by atoms with Crippen LogP contribution in [0.2, 0.25) is 0 Å². The Morgan fingerprint density at radius 2 is 1.60 bits per heavy atom. The molecule has 0 bridgehead atoms. The number of rotatable bonds is 5. The van der Waals surface area contributed by atoms with E-state index in [-0.39, 0.29) is 12.0 Å². The highest BCUT2D eigenvalue weighted by Gasteiger charge is 2.64. The molecule has 0 heterocycles. The smallest absolute Gasteiger partial charge is 0.432 e. The Kier molecular flexibility index (Phi) is 5.52. The van der Waals surface area contributed by atoms with Gasteiger partial charge in [0, 0.05) is 26.0 Å². The number of ether oxygens (including phenoxy) is 3. The average molecular weight is 358 g/mol. The fourth-order valence-corrected chi connectivity index (χ4v) is 2.63. The number of alkyl halides is 3. The first kappa shape index (κ1) is 19.0. The van der Waals surface area contributed by atoms with Crippen LogP contribution in [-0.4, -0.2) is 37.4 Å². The van der Waals surface area contributed by atoms with Crippen molar-refractivity contribution in [3.05, 3.63) is 48.0 Å². The van der Waals surface area contributed by atoms with Gasteiger partial charge in [-0.1, -0.05) is 30.3 Å². The monoisotopic (exact) mass is 358 g/mol. The Bertz CT molecular complexity index is 656. The number of carbonyl (C=O) groups is 2. The summed E-state index contributed by atoms with van der Waals surface area (Å²) in [6.45, 7) is 1.21. The highest BCUT2D eigenvalue weighted by Crippen LogP contribution is 2.43. The number of hydrogen-bond donors (Lipinski definition) is 0. The van der Waals surface area contributed by atoms with Crippen LogP contribution in [0.5, 0.6) is 0 Å². The molecule has 0 fully saturated rings. The third-order valence-corrected chi connectivity index (χ3v) is 3.75. The zero-order valence-corrected chi connectivity index (χ0v) is 13.6. The number of benzene rings is 1. The predicted molar refractivity (Wildman–Crippen MR) is 80.4 cm³/mol. The second kappa shape index (κ2) is 7.26. The van der Waals surface area contributed by atoms with E-state index in [9.17, 15) is 22.8 Å². The largest absolute Gasteiger partial charge is 0.458 e. The van der Waals surface area contributed by atoms with E-state index in [1.54, 1.807) is 0 Å². The molecule has 0 aliphatic heterocycles. The molecule has 1 aromatic rings. The third-order valence-electron chi connectivity index (χ3n) is 3.75. The van der Waals surface area contributed by atoms with E-state index in [0.717, 1.165) is 19.2 Å². The summed E-state index contributed by atoms with van der Waals surface area (Å²) in [7, 11) is 0.800. The van der Waals surface area contributed by atoms with Crippen LogP contribution >= 0.6 is 0 Å². The van der Waals surface area contributed by atoms with E-state index in [1.807, 2.05) is 0 Å². The number of halogens is 3. The highest BCUT2D eigenvalue weighted by atomic mass is 19.4. The molecule has 0 unspecified atom stereocenters. The molecule has 0 saturated heterocycles. The maximum absolute atomic E-state index is 13.7. The average Bonchev–Trinajstić information content (AvgIpc) is 2.94. The molecule has 0 N–H and O–H groups in total. The van der Waals surface area contributed by atoms with Crippen LogP contribution < -0.4 is 0 Å². The molecule has 0 saturated carbocycles. The van der Waals surface area contributed by atoms with E-state index in [1.165, 1.54) is 37.3 Å². The van der Waals surface area contributed by atoms with Crippen molar-refractivity contribution in [2.45, 2.75) is 37.3 Å². The van der Waals surface area contributed by atoms with Crippen molar-refractivity contribution in [2.24, 2.45) is 0 Å². The molecule has 1 aliphatic rings. The minimum absolute atomic E-state index is 0.0533. The molecule has 1 aromatic carbocycles. The Hall–Kier alpha value is -2.35. The number of methoxy groups -OCH3 is 1. The molecule has 0 amide bonds. The van der Waals surface area contributed by atoms with Gasteiger partial charge in [-0.05, 0) is 12.2 Å². The van der Waals surface area contributed by atoms with Gasteiger partial charge < -0.3 is 14.2 Å². The lowest BCUT2D eigenvalue weighted by Crippen LogP contribution is -2.52. The highest BCUT2D eigenvalue weighted by molar-refractivity contribution is 5.83. The number of carbonyl (C=O) groups excluding carboxylic acids is 2. The topological polar surface area (TPSA) is 61.8 Å². The molecular weight excluding hydrogens is 341 g/mol. The molecule has 1 aliphatic carbocycles. The maximum atomic E-state index is 13.7. The third kappa shape index (κ3) is 3.84. The van der Waals surface area contributed by atoms with E-state index in [0.29, 0.717) is 0 Å². The molecule has 25 heavy (non-hydrogen) atoms. The fraction of sp³-hybridized carbons (Fsp3) is 0.412. The van der Waals surface area contributed by atoms with E-state index >= 15 is 0 Å². The van der Waals surface area contributed by atoms with Gasteiger partial charge in [0.05, 0.1) is 0 Å². The van der Waals surface area contributed by atoms with Gasteiger partial charge in [0.15, 0.2) is 0 Å². The normalized spacial score (nSPS) is 22.3. The Morgan fingerprint density at radius 3 is 2.08 bits per heavy atom. The van der Waals surface area contributed by atoms with Crippen LogP contribution in [0.3, 0.4) is 0 Å². The second-order valence-electron chi connectivity index (χ2n) is 5.46. The molecule has 8 heteroatoms. The summed E-state index contributed by atoms with van der Waals surface area (Å²) in [5, 5.41) is 0. The summed E-state index contributed by atoms with van der Waals surface area (Å²) in [6, 6.07) is 6.55. The lowest BCUT2D eigenvalue weighted by Gasteiger charge is -2.33. The minimum atomic E-state index is -5.03. The number of esters is 2. The molecule has 5 nitrogen and oxygen atoms in total. The molecule has 136 valence electrons. The summed E-state index contributed by atoms with van der Waals surface area (Å²) in [6.07, 6.45) is -3.72. The van der Waals surface area contributed by atoms with Gasteiger partial charge in [0.1, 0.15) is 12.2 Å². The van der Waals surface area contributed by atoms with Crippen molar-refractivity contribution in [3.63, 3.8) is 0 Å². The molecule has 0 aromatic heterocycles. The zero-order valence-electron chi connectivity index (χ0n) is 13.6. The standard InChI is InChI=1S/C17H17F3O5/c1-11(21)24-13-8-9-14(10-13)25-15(22)16(23-2,17(18,19)20)12-6-4-3-5-7-12/h3-9,13-14H,10H2,1-2H3/t13-,14-,16-/m0/s1. The summed E-state index contributed by atoms with van der Waals surface area (Å²) >= 11 is 0. The first-order chi connectivity index (χ1) is 11.7. The quantitative estimate of drug-likeness (QED) is 0.598. The second-order valence-corrected chi connectivity index (χ2v) is 5.46. The van der Waals surface area contributed by atoms with E-state index in [4.69, 9.17) is 9.47 Å².